The maximum atomic E-state index is 12.3. The van der Waals surface area contributed by atoms with Gasteiger partial charge in [0.1, 0.15) is 0 Å². The van der Waals surface area contributed by atoms with Crippen LogP contribution in [0.25, 0.3) is 0 Å². The zero-order valence-corrected chi connectivity index (χ0v) is 11.9. The van der Waals surface area contributed by atoms with Crippen molar-refractivity contribution < 1.29 is 14.7 Å². The van der Waals surface area contributed by atoms with Gasteiger partial charge in [0.25, 0.3) is 0 Å². The van der Waals surface area contributed by atoms with E-state index in [1.807, 2.05) is 0 Å². The van der Waals surface area contributed by atoms with Crippen LogP contribution in [-0.4, -0.2) is 23.0 Å². The number of carboxylic acids is 1. The standard InChI is InChI=1S/C15H25NO3/c1-15(2)8-4-7-12(15)13(17)16-11-6-3-5-10(9-11)14(18)19/h10-12H,3-9H2,1-2H3,(H,16,17)(H,18,19). The molecule has 0 aliphatic heterocycles. The molecule has 108 valence electrons. The first-order valence-corrected chi connectivity index (χ1v) is 7.43. The van der Waals surface area contributed by atoms with Gasteiger partial charge in [0.05, 0.1) is 5.92 Å². The molecule has 2 fully saturated rings. The van der Waals surface area contributed by atoms with Gasteiger partial charge in [0.15, 0.2) is 0 Å². The van der Waals surface area contributed by atoms with Gasteiger partial charge in [-0.1, -0.05) is 26.7 Å². The third kappa shape index (κ3) is 3.28. The zero-order valence-electron chi connectivity index (χ0n) is 11.9. The van der Waals surface area contributed by atoms with Gasteiger partial charge in [-0.3, -0.25) is 9.59 Å². The average molecular weight is 267 g/mol. The zero-order chi connectivity index (χ0) is 14.0. The van der Waals surface area contributed by atoms with Crippen LogP contribution >= 0.6 is 0 Å². The summed E-state index contributed by atoms with van der Waals surface area (Å²) in [6.45, 7) is 4.32. The lowest BCUT2D eigenvalue weighted by molar-refractivity contribution is -0.143. The molecular weight excluding hydrogens is 242 g/mol. The van der Waals surface area contributed by atoms with E-state index in [4.69, 9.17) is 5.11 Å². The van der Waals surface area contributed by atoms with Crippen LogP contribution in [-0.2, 0) is 9.59 Å². The molecule has 3 unspecified atom stereocenters. The van der Waals surface area contributed by atoms with Crippen molar-refractivity contribution in [3.63, 3.8) is 0 Å². The van der Waals surface area contributed by atoms with Crippen molar-refractivity contribution in [1.82, 2.24) is 5.32 Å². The summed E-state index contributed by atoms with van der Waals surface area (Å²) >= 11 is 0. The minimum Gasteiger partial charge on any atom is -0.481 e. The van der Waals surface area contributed by atoms with Crippen molar-refractivity contribution in [2.45, 2.75) is 64.8 Å². The van der Waals surface area contributed by atoms with E-state index in [0.29, 0.717) is 6.42 Å². The number of rotatable bonds is 3. The summed E-state index contributed by atoms with van der Waals surface area (Å²) < 4.78 is 0. The van der Waals surface area contributed by atoms with Gasteiger partial charge >= 0.3 is 5.97 Å². The molecule has 0 aromatic heterocycles. The molecular formula is C15H25NO3. The first-order valence-electron chi connectivity index (χ1n) is 7.43. The summed E-state index contributed by atoms with van der Waals surface area (Å²) in [5.74, 6) is -0.771. The number of hydrogen-bond donors (Lipinski definition) is 2. The van der Waals surface area contributed by atoms with Crippen LogP contribution in [0.5, 0.6) is 0 Å². The van der Waals surface area contributed by atoms with E-state index in [0.717, 1.165) is 38.5 Å². The summed E-state index contributed by atoms with van der Waals surface area (Å²) in [4.78, 5) is 23.4. The Morgan fingerprint density at radius 3 is 2.47 bits per heavy atom. The van der Waals surface area contributed by atoms with E-state index in [2.05, 4.69) is 19.2 Å². The summed E-state index contributed by atoms with van der Waals surface area (Å²) in [5, 5.41) is 12.2. The van der Waals surface area contributed by atoms with Crippen LogP contribution < -0.4 is 5.32 Å². The van der Waals surface area contributed by atoms with Crippen LogP contribution in [0.2, 0.25) is 0 Å². The smallest absolute Gasteiger partial charge is 0.306 e. The van der Waals surface area contributed by atoms with E-state index < -0.39 is 5.97 Å². The van der Waals surface area contributed by atoms with Crippen molar-refractivity contribution in [1.29, 1.82) is 0 Å². The molecule has 2 saturated carbocycles. The monoisotopic (exact) mass is 267 g/mol. The first-order chi connectivity index (χ1) is 8.90. The highest BCUT2D eigenvalue weighted by Gasteiger charge is 2.40. The molecule has 19 heavy (non-hydrogen) atoms. The van der Waals surface area contributed by atoms with Gasteiger partial charge in [0.2, 0.25) is 5.91 Å². The number of nitrogens with one attached hydrogen (secondary N) is 1. The minimum atomic E-state index is -0.722. The molecule has 0 spiro atoms. The SMILES string of the molecule is CC1(C)CCCC1C(=O)NC1CCCC(C(=O)O)C1. The number of carbonyl (C=O) groups is 2. The molecule has 0 bridgehead atoms. The van der Waals surface area contributed by atoms with Crippen LogP contribution in [0, 0.1) is 17.3 Å². The van der Waals surface area contributed by atoms with Crippen molar-refractivity contribution in [2.75, 3.05) is 0 Å². The Morgan fingerprint density at radius 1 is 1.16 bits per heavy atom. The Kier molecular flexibility index (Phi) is 4.16. The molecule has 2 N–H and O–H groups in total. The van der Waals surface area contributed by atoms with E-state index >= 15 is 0 Å². The molecule has 2 rings (SSSR count). The molecule has 3 atom stereocenters. The summed E-state index contributed by atoms with van der Waals surface area (Å²) in [7, 11) is 0. The topological polar surface area (TPSA) is 66.4 Å². The molecule has 0 radical (unpaired) electrons. The molecule has 0 saturated heterocycles. The second kappa shape index (κ2) is 5.51. The van der Waals surface area contributed by atoms with E-state index in [1.54, 1.807) is 0 Å². The molecule has 0 aromatic rings. The Hall–Kier alpha value is -1.06. The maximum Gasteiger partial charge on any atom is 0.306 e. The molecule has 0 heterocycles. The minimum absolute atomic E-state index is 0.0544. The fourth-order valence-corrected chi connectivity index (χ4v) is 3.66. The van der Waals surface area contributed by atoms with E-state index in [1.165, 1.54) is 0 Å². The quantitative estimate of drug-likeness (QED) is 0.826. The Morgan fingerprint density at radius 2 is 1.89 bits per heavy atom. The van der Waals surface area contributed by atoms with Gasteiger partial charge < -0.3 is 10.4 Å². The molecule has 4 heteroatoms. The highest BCUT2D eigenvalue weighted by molar-refractivity contribution is 5.80. The van der Waals surface area contributed by atoms with Crippen LogP contribution in [0.4, 0.5) is 0 Å². The van der Waals surface area contributed by atoms with Gasteiger partial charge in [0, 0.05) is 12.0 Å². The lowest BCUT2D eigenvalue weighted by Gasteiger charge is -2.31. The average Bonchev–Trinajstić information content (AvgIpc) is 2.69. The van der Waals surface area contributed by atoms with Crippen molar-refractivity contribution in [2.24, 2.45) is 17.3 Å². The number of amides is 1. The molecule has 2 aliphatic rings. The number of hydrogen-bond acceptors (Lipinski definition) is 2. The molecule has 4 nitrogen and oxygen atoms in total. The van der Waals surface area contributed by atoms with E-state index in [-0.39, 0.29) is 29.2 Å². The van der Waals surface area contributed by atoms with Gasteiger partial charge in [-0.25, -0.2) is 0 Å². The second-order valence-corrected chi connectivity index (χ2v) is 6.84. The number of carbonyl (C=O) groups excluding carboxylic acids is 1. The maximum absolute atomic E-state index is 12.3. The Balaban J connectivity index is 1.90. The lowest BCUT2D eigenvalue weighted by Crippen LogP contribution is -2.44. The van der Waals surface area contributed by atoms with E-state index in [9.17, 15) is 9.59 Å². The third-order valence-electron chi connectivity index (χ3n) is 4.94. The first kappa shape index (κ1) is 14.4. The van der Waals surface area contributed by atoms with Crippen LogP contribution in [0.15, 0.2) is 0 Å². The summed E-state index contributed by atoms with van der Waals surface area (Å²) in [6, 6.07) is 0.0544. The van der Waals surface area contributed by atoms with Crippen LogP contribution in [0.1, 0.15) is 58.8 Å². The van der Waals surface area contributed by atoms with Crippen LogP contribution in [0.3, 0.4) is 0 Å². The molecule has 1 amide bonds. The Labute approximate surface area is 115 Å². The molecule has 2 aliphatic carbocycles. The normalized spacial score (nSPS) is 33.9. The van der Waals surface area contributed by atoms with Gasteiger partial charge in [-0.2, -0.15) is 0 Å². The number of carboxylic acid groups (broad SMARTS) is 1. The predicted octanol–water partition coefficient (Wildman–Crippen LogP) is 2.57. The third-order valence-corrected chi connectivity index (χ3v) is 4.94. The fourth-order valence-electron chi connectivity index (χ4n) is 3.66. The predicted molar refractivity (Wildman–Crippen MR) is 72.6 cm³/mol. The Bertz CT molecular complexity index is 364. The second-order valence-electron chi connectivity index (χ2n) is 6.84. The largest absolute Gasteiger partial charge is 0.481 e. The van der Waals surface area contributed by atoms with Crippen molar-refractivity contribution in [3.05, 3.63) is 0 Å². The fraction of sp³-hybridized carbons (Fsp3) is 0.867. The summed E-state index contributed by atoms with van der Waals surface area (Å²) in [5.41, 5.74) is 0.0882. The highest BCUT2D eigenvalue weighted by atomic mass is 16.4. The van der Waals surface area contributed by atoms with Gasteiger partial charge in [-0.05, 0) is 37.5 Å². The lowest BCUT2D eigenvalue weighted by atomic mass is 9.80. The van der Waals surface area contributed by atoms with Crippen molar-refractivity contribution >= 4 is 11.9 Å². The summed E-state index contributed by atoms with van der Waals surface area (Å²) in [6.07, 6.45) is 6.35. The highest BCUT2D eigenvalue weighted by Crippen LogP contribution is 2.42. The van der Waals surface area contributed by atoms with Crippen molar-refractivity contribution in [3.8, 4) is 0 Å². The number of aliphatic carboxylic acids is 1. The van der Waals surface area contributed by atoms with Gasteiger partial charge in [-0.15, -0.1) is 0 Å². The molecule has 0 aromatic carbocycles.